The largest absolute Gasteiger partial charge is 0.494 e. The van der Waals surface area contributed by atoms with E-state index < -0.39 is 23.4 Å². The number of ether oxygens (including phenoxy) is 2. The Bertz CT molecular complexity index is 939. The van der Waals surface area contributed by atoms with Crippen molar-refractivity contribution in [1.29, 1.82) is 0 Å². The first-order valence-corrected chi connectivity index (χ1v) is 10.1. The summed E-state index contributed by atoms with van der Waals surface area (Å²) in [4.78, 5) is 36.5. The molecule has 1 aliphatic rings. The second kappa shape index (κ2) is 9.04. The van der Waals surface area contributed by atoms with Crippen molar-refractivity contribution in [1.82, 2.24) is 0 Å². The van der Waals surface area contributed by atoms with E-state index >= 15 is 0 Å². The lowest BCUT2D eigenvalue weighted by Crippen LogP contribution is -2.21. The number of thiophene rings is 1. The quantitative estimate of drug-likeness (QED) is 0.414. The van der Waals surface area contributed by atoms with Crippen molar-refractivity contribution in [2.45, 2.75) is 32.6 Å². The molecule has 1 aliphatic carbocycles. The molecule has 2 aromatic rings. The number of esters is 1. The van der Waals surface area contributed by atoms with Crippen LogP contribution in [0.1, 0.15) is 39.9 Å². The summed E-state index contributed by atoms with van der Waals surface area (Å²) in [7, 11) is 1.34. The third-order valence-electron chi connectivity index (χ3n) is 4.97. The molecule has 1 N–H and O–H groups in total. The van der Waals surface area contributed by atoms with Crippen molar-refractivity contribution in [2.24, 2.45) is 5.92 Å². The molecule has 0 bridgehead atoms. The second-order valence-electron chi connectivity index (χ2n) is 6.84. The van der Waals surface area contributed by atoms with Gasteiger partial charge in [0.15, 0.2) is 6.61 Å². The summed E-state index contributed by atoms with van der Waals surface area (Å²) in [5.74, 6) is -0.278. The summed E-state index contributed by atoms with van der Waals surface area (Å²) in [5.41, 5.74) is 1.31. The molecule has 0 unspecified atom stereocenters. The summed E-state index contributed by atoms with van der Waals surface area (Å²) in [6.07, 6.45) is 4.22. The number of nitrogens with one attached hydrogen (secondary N) is 1. The maximum atomic E-state index is 12.3. The zero-order chi connectivity index (χ0) is 21.0. The smallest absolute Gasteiger partial charge is 0.348 e. The zero-order valence-electron chi connectivity index (χ0n) is 16.2. The molecule has 0 spiro atoms. The van der Waals surface area contributed by atoms with Gasteiger partial charge in [0, 0.05) is 10.9 Å². The van der Waals surface area contributed by atoms with Gasteiger partial charge in [0.1, 0.15) is 10.6 Å². The van der Waals surface area contributed by atoms with Crippen molar-refractivity contribution in [3.63, 3.8) is 0 Å². The number of carbonyl (C=O) groups is 2. The first kappa shape index (κ1) is 20.8. The number of amides is 1. The molecular weight excluding hydrogens is 396 g/mol. The van der Waals surface area contributed by atoms with E-state index in [9.17, 15) is 19.7 Å². The summed E-state index contributed by atoms with van der Waals surface area (Å²) in [5, 5.41) is 13.4. The van der Waals surface area contributed by atoms with Crippen molar-refractivity contribution in [3.8, 4) is 5.75 Å². The predicted octanol–water partition coefficient (Wildman–Crippen LogP) is 3.98. The monoisotopic (exact) mass is 418 g/mol. The van der Waals surface area contributed by atoms with Crippen LogP contribution in [0.15, 0.2) is 24.3 Å². The Morgan fingerprint density at radius 1 is 1.34 bits per heavy atom. The van der Waals surface area contributed by atoms with Crippen LogP contribution in [-0.2, 0) is 22.4 Å². The van der Waals surface area contributed by atoms with E-state index in [2.05, 4.69) is 12.2 Å². The molecule has 0 saturated carbocycles. The number of benzene rings is 1. The Labute approximate surface area is 172 Å². The molecule has 1 atom stereocenters. The fourth-order valence-electron chi connectivity index (χ4n) is 3.33. The number of nitrogens with zero attached hydrogens (tertiary/aromatic N) is 1. The molecule has 0 saturated heterocycles. The van der Waals surface area contributed by atoms with Crippen LogP contribution in [0.5, 0.6) is 5.75 Å². The van der Waals surface area contributed by atoms with Crippen molar-refractivity contribution in [3.05, 3.63) is 49.7 Å². The van der Waals surface area contributed by atoms with E-state index in [1.54, 1.807) is 0 Å². The number of nitro groups is 1. The van der Waals surface area contributed by atoms with E-state index in [1.807, 2.05) is 6.07 Å². The van der Waals surface area contributed by atoms with Gasteiger partial charge < -0.3 is 14.8 Å². The van der Waals surface area contributed by atoms with Gasteiger partial charge in [-0.3, -0.25) is 14.9 Å². The molecule has 1 aromatic heterocycles. The van der Waals surface area contributed by atoms with E-state index in [4.69, 9.17) is 9.47 Å². The van der Waals surface area contributed by atoms with E-state index in [1.165, 1.54) is 47.1 Å². The minimum Gasteiger partial charge on any atom is -0.494 e. The molecule has 0 radical (unpaired) electrons. The Morgan fingerprint density at radius 2 is 2.14 bits per heavy atom. The van der Waals surface area contributed by atoms with Gasteiger partial charge in [0.25, 0.3) is 11.6 Å². The van der Waals surface area contributed by atoms with Gasteiger partial charge >= 0.3 is 5.97 Å². The molecule has 0 aliphatic heterocycles. The average Bonchev–Trinajstić information content (AvgIpc) is 3.15. The minimum absolute atomic E-state index is 0.148. The summed E-state index contributed by atoms with van der Waals surface area (Å²) >= 11 is 1.43. The van der Waals surface area contributed by atoms with Crippen LogP contribution < -0.4 is 10.1 Å². The lowest BCUT2D eigenvalue weighted by molar-refractivity contribution is -0.384. The number of hydrogen-bond acceptors (Lipinski definition) is 7. The van der Waals surface area contributed by atoms with Gasteiger partial charge in [-0.1, -0.05) is 13.3 Å². The van der Waals surface area contributed by atoms with Crippen molar-refractivity contribution < 1.29 is 24.0 Å². The van der Waals surface area contributed by atoms with Gasteiger partial charge in [0.2, 0.25) is 0 Å². The minimum atomic E-state index is -0.558. The van der Waals surface area contributed by atoms with Crippen LogP contribution in [0.4, 0.5) is 11.4 Å². The third kappa shape index (κ3) is 4.92. The van der Waals surface area contributed by atoms with E-state index in [0.29, 0.717) is 10.8 Å². The maximum absolute atomic E-state index is 12.3. The van der Waals surface area contributed by atoms with Gasteiger partial charge in [-0.15, -0.1) is 11.3 Å². The molecule has 0 fully saturated rings. The van der Waals surface area contributed by atoms with Crippen molar-refractivity contribution >= 4 is 34.6 Å². The number of methoxy groups -OCH3 is 1. The molecular formula is C20H22N2O6S. The van der Waals surface area contributed by atoms with E-state index in [-0.39, 0.29) is 17.1 Å². The number of hydrogen-bond donors (Lipinski definition) is 1. The van der Waals surface area contributed by atoms with Gasteiger partial charge in [-0.2, -0.15) is 0 Å². The average molecular weight is 418 g/mol. The third-order valence-corrected chi connectivity index (χ3v) is 6.18. The van der Waals surface area contributed by atoms with Gasteiger partial charge in [-0.25, -0.2) is 4.79 Å². The fourth-order valence-corrected chi connectivity index (χ4v) is 4.44. The number of rotatable bonds is 7. The Hall–Kier alpha value is -2.94. The fraction of sp³-hybridized carbons (Fsp3) is 0.400. The molecule has 9 heteroatoms. The summed E-state index contributed by atoms with van der Waals surface area (Å²) in [6, 6.07) is 5.71. The lowest BCUT2D eigenvalue weighted by Gasteiger charge is -2.19. The molecule has 154 valence electrons. The highest BCUT2D eigenvalue weighted by atomic mass is 32.1. The number of aryl methyl sites for hydroxylation is 1. The highest BCUT2D eigenvalue weighted by Gasteiger charge is 2.23. The Kier molecular flexibility index (Phi) is 6.48. The lowest BCUT2D eigenvalue weighted by atomic mass is 9.87. The van der Waals surface area contributed by atoms with Crippen LogP contribution in [0.3, 0.4) is 0 Å². The molecule has 1 amide bonds. The number of nitro benzene ring substituents is 1. The highest BCUT2D eigenvalue weighted by Crippen LogP contribution is 2.34. The topological polar surface area (TPSA) is 108 Å². The zero-order valence-corrected chi connectivity index (χ0v) is 17.0. The number of anilines is 1. The van der Waals surface area contributed by atoms with Crippen LogP contribution in [0.25, 0.3) is 0 Å². The van der Waals surface area contributed by atoms with Crippen LogP contribution in [0, 0.1) is 16.0 Å². The Morgan fingerprint density at radius 3 is 2.83 bits per heavy atom. The molecule has 1 aromatic carbocycles. The summed E-state index contributed by atoms with van der Waals surface area (Å²) < 4.78 is 10.2. The SMILES string of the molecule is CC[C@H]1CCc2sc(C(=O)OCC(=O)Nc3ccc([N+](=O)[O-])cc3OC)cc2C1. The summed E-state index contributed by atoms with van der Waals surface area (Å²) in [6.45, 7) is 1.72. The van der Waals surface area contributed by atoms with Crippen LogP contribution >= 0.6 is 11.3 Å². The highest BCUT2D eigenvalue weighted by molar-refractivity contribution is 7.14. The van der Waals surface area contributed by atoms with Crippen LogP contribution in [-0.4, -0.2) is 30.5 Å². The first-order chi connectivity index (χ1) is 13.9. The number of carbonyl (C=O) groups excluding carboxylic acids is 2. The molecule has 1 heterocycles. The normalized spacial score (nSPS) is 15.3. The van der Waals surface area contributed by atoms with Crippen LogP contribution in [0.2, 0.25) is 0 Å². The molecule has 29 heavy (non-hydrogen) atoms. The second-order valence-corrected chi connectivity index (χ2v) is 7.98. The number of fused-ring (bicyclic) bond motifs is 1. The molecule has 8 nitrogen and oxygen atoms in total. The van der Waals surface area contributed by atoms with E-state index in [0.717, 1.165) is 25.7 Å². The predicted molar refractivity (Wildman–Crippen MR) is 109 cm³/mol. The van der Waals surface area contributed by atoms with Crippen molar-refractivity contribution in [2.75, 3.05) is 19.0 Å². The molecule has 3 rings (SSSR count). The van der Waals surface area contributed by atoms with Gasteiger partial charge in [0.05, 0.1) is 23.8 Å². The first-order valence-electron chi connectivity index (χ1n) is 9.32. The number of non-ortho nitro benzene ring substituents is 1. The maximum Gasteiger partial charge on any atom is 0.348 e. The Balaban J connectivity index is 1.58. The standard InChI is InChI=1S/C20H22N2O6S/c1-3-12-4-7-17-13(8-12)9-18(29-17)20(24)28-11-19(23)21-15-6-5-14(22(25)26)10-16(15)27-2/h5-6,9-10,12H,3-4,7-8,11H2,1-2H3,(H,21,23)/t12-/m0/s1. The van der Waals surface area contributed by atoms with Gasteiger partial charge in [-0.05, 0) is 42.9 Å².